The predicted molar refractivity (Wildman–Crippen MR) is 92.3 cm³/mol. The van der Waals surface area contributed by atoms with Crippen molar-refractivity contribution in [3.63, 3.8) is 0 Å². The highest BCUT2D eigenvalue weighted by atomic mass is 32.1. The van der Waals surface area contributed by atoms with Crippen LogP contribution in [0.5, 0.6) is 0 Å². The van der Waals surface area contributed by atoms with Crippen molar-refractivity contribution in [1.82, 2.24) is 20.4 Å². The maximum absolute atomic E-state index is 12.4. The Morgan fingerprint density at radius 3 is 3.00 bits per heavy atom. The first kappa shape index (κ1) is 15.8. The zero-order valence-corrected chi connectivity index (χ0v) is 14.3. The van der Waals surface area contributed by atoms with Gasteiger partial charge in [-0.2, -0.15) is 5.10 Å². The third-order valence-electron chi connectivity index (χ3n) is 4.66. The summed E-state index contributed by atoms with van der Waals surface area (Å²) in [6.07, 6.45) is 2.39. The summed E-state index contributed by atoms with van der Waals surface area (Å²) in [7, 11) is 0. The van der Waals surface area contributed by atoms with Crippen LogP contribution in [0.25, 0.3) is 0 Å². The summed E-state index contributed by atoms with van der Waals surface area (Å²) in [5, 5.41) is 12.3. The van der Waals surface area contributed by atoms with E-state index in [2.05, 4.69) is 37.9 Å². The topological polar surface area (TPSA) is 70.2 Å². The second-order valence-corrected chi connectivity index (χ2v) is 7.35. The Morgan fingerprint density at radius 1 is 1.46 bits per heavy atom. The molecule has 0 bridgehead atoms. The Labute approximate surface area is 145 Å². The van der Waals surface area contributed by atoms with E-state index < -0.39 is 0 Å². The Morgan fingerprint density at radius 2 is 2.29 bits per heavy atom. The summed E-state index contributed by atoms with van der Waals surface area (Å²) >= 11 is 1.73. The summed E-state index contributed by atoms with van der Waals surface area (Å²) in [5.74, 6) is 0.472. The highest BCUT2D eigenvalue weighted by Crippen LogP contribution is 2.39. The van der Waals surface area contributed by atoms with Crippen molar-refractivity contribution in [2.24, 2.45) is 0 Å². The molecule has 6 nitrogen and oxygen atoms in total. The molecular weight excluding hydrogens is 324 g/mol. The molecule has 128 valence electrons. The molecule has 0 unspecified atom stereocenters. The quantitative estimate of drug-likeness (QED) is 0.841. The lowest BCUT2D eigenvalue weighted by atomic mass is 10.2. The normalized spacial score (nSPS) is 20.0. The van der Waals surface area contributed by atoms with Crippen LogP contribution in [-0.4, -0.2) is 53.9 Å². The van der Waals surface area contributed by atoms with Crippen molar-refractivity contribution in [3.05, 3.63) is 39.8 Å². The molecule has 1 aliphatic carbocycles. The third-order valence-corrected chi connectivity index (χ3v) is 5.64. The highest BCUT2D eigenvalue weighted by molar-refractivity contribution is 7.10. The van der Waals surface area contributed by atoms with Gasteiger partial charge in [0.2, 0.25) is 0 Å². The fraction of sp³-hybridized carbons (Fsp3) is 0.529. The number of ether oxygens (including phenoxy) is 1. The van der Waals surface area contributed by atoms with Crippen LogP contribution in [0.2, 0.25) is 0 Å². The van der Waals surface area contributed by atoms with Crippen molar-refractivity contribution < 1.29 is 9.53 Å². The predicted octanol–water partition coefficient (Wildman–Crippen LogP) is 2.15. The first-order valence-corrected chi connectivity index (χ1v) is 9.38. The fourth-order valence-corrected chi connectivity index (χ4v) is 3.98. The van der Waals surface area contributed by atoms with Crippen LogP contribution in [-0.2, 0) is 4.74 Å². The van der Waals surface area contributed by atoms with Gasteiger partial charge in [0.05, 0.1) is 19.3 Å². The van der Waals surface area contributed by atoms with Crippen LogP contribution in [0.15, 0.2) is 23.6 Å². The molecular formula is C17H22N4O2S. The number of thiophene rings is 1. The van der Waals surface area contributed by atoms with Gasteiger partial charge in [0.25, 0.3) is 5.91 Å². The summed E-state index contributed by atoms with van der Waals surface area (Å²) in [4.78, 5) is 16.1. The molecule has 3 heterocycles. The second kappa shape index (κ2) is 7.04. The minimum Gasteiger partial charge on any atom is -0.379 e. The van der Waals surface area contributed by atoms with Gasteiger partial charge in [-0.05, 0) is 30.4 Å². The van der Waals surface area contributed by atoms with Gasteiger partial charge >= 0.3 is 0 Å². The number of nitrogens with one attached hydrogen (secondary N) is 2. The number of morpholine rings is 1. The molecule has 1 atom stereocenters. The number of carbonyl (C=O) groups excluding carboxylic acids is 1. The van der Waals surface area contributed by atoms with Gasteiger partial charge in [-0.3, -0.25) is 14.8 Å². The molecule has 1 saturated carbocycles. The summed E-state index contributed by atoms with van der Waals surface area (Å²) in [6, 6.07) is 6.28. The largest absolute Gasteiger partial charge is 0.379 e. The van der Waals surface area contributed by atoms with Crippen molar-refractivity contribution in [3.8, 4) is 0 Å². The minimum absolute atomic E-state index is 0.104. The molecule has 2 aromatic rings. The molecule has 2 aromatic heterocycles. The molecule has 24 heavy (non-hydrogen) atoms. The van der Waals surface area contributed by atoms with Gasteiger partial charge in [-0.1, -0.05) is 6.07 Å². The number of nitrogens with zero attached hydrogens (tertiary/aromatic N) is 2. The maximum Gasteiger partial charge on any atom is 0.271 e. The number of carbonyl (C=O) groups is 1. The summed E-state index contributed by atoms with van der Waals surface area (Å²) < 4.78 is 5.45. The lowest BCUT2D eigenvalue weighted by molar-refractivity contribution is 0.0169. The van der Waals surface area contributed by atoms with Gasteiger partial charge < -0.3 is 10.1 Å². The first-order chi connectivity index (χ1) is 11.8. The lowest BCUT2D eigenvalue weighted by Crippen LogP contribution is -2.43. The minimum atomic E-state index is -0.104. The summed E-state index contributed by atoms with van der Waals surface area (Å²) in [6.45, 7) is 3.88. The Balaban J connectivity index is 1.41. The molecule has 0 radical (unpaired) electrons. The van der Waals surface area contributed by atoms with Crippen molar-refractivity contribution in [1.29, 1.82) is 0 Å². The van der Waals surface area contributed by atoms with E-state index in [4.69, 9.17) is 4.74 Å². The van der Waals surface area contributed by atoms with Gasteiger partial charge in [0, 0.05) is 36.1 Å². The van der Waals surface area contributed by atoms with Crippen LogP contribution in [0, 0.1) is 0 Å². The highest BCUT2D eigenvalue weighted by Gasteiger charge is 2.27. The smallest absolute Gasteiger partial charge is 0.271 e. The number of H-pyrrole nitrogens is 1. The van der Waals surface area contributed by atoms with Crippen LogP contribution >= 0.6 is 11.3 Å². The molecule has 2 N–H and O–H groups in total. The number of aromatic amines is 1. The Kier molecular flexibility index (Phi) is 4.64. The van der Waals surface area contributed by atoms with E-state index in [0.717, 1.165) is 32.0 Å². The number of rotatable bonds is 6. The van der Waals surface area contributed by atoms with Crippen LogP contribution < -0.4 is 5.32 Å². The zero-order valence-electron chi connectivity index (χ0n) is 13.5. The van der Waals surface area contributed by atoms with Crippen molar-refractivity contribution >= 4 is 17.2 Å². The van der Waals surface area contributed by atoms with Gasteiger partial charge in [-0.15, -0.1) is 11.3 Å². The van der Waals surface area contributed by atoms with E-state index in [9.17, 15) is 4.79 Å². The SMILES string of the molecule is O=C(NC[C@@H](c1cccs1)N1CCOCC1)c1cc(C2CC2)[nH]n1. The lowest BCUT2D eigenvalue weighted by Gasteiger charge is -2.34. The molecule has 4 rings (SSSR count). The van der Waals surface area contributed by atoms with Gasteiger partial charge in [0.1, 0.15) is 5.69 Å². The molecule has 0 aromatic carbocycles. The van der Waals surface area contributed by atoms with E-state index in [1.165, 1.54) is 17.7 Å². The molecule has 7 heteroatoms. The average molecular weight is 346 g/mol. The molecule has 2 fully saturated rings. The third kappa shape index (κ3) is 3.53. The standard InChI is InChI=1S/C17H22N4O2S/c22-17(14-10-13(19-20-14)12-3-4-12)18-11-15(16-2-1-9-24-16)21-5-7-23-8-6-21/h1-2,9-10,12,15H,3-8,11H2,(H,18,22)(H,19,20)/t15-/m0/s1. The van der Waals surface area contributed by atoms with E-state index in [-0.39, 0.29) is 11.9 Å². The average Bonchev–Trinajstić information content (AvgIpc) is 3.12. The molecule has 1 saturated heterocycles. The van der Waals surface area contributed by atoms with Crippen LogP contribution in [0.3, 0.4) is 0 Å². The molecule has 1 amide bonds. The maximum atomic E-state index is 12.4. The Bertz CT molecular complexity index is 675. The van der Waals surface area contributed by atoms with Crippen LogP contribution in [0.4, 0.5) is 0 Å². The number of aromatic nitrogens is 2. The number of hydrogen-bond acceptors (Lipinski definition) is 5. The zero-order chi connectivity index (χ0) is 16.4. The molecule has 0 spiro atoms. The van der Waals surface area contributed by atoms with Gasteiger partial charge in [0.15, 0.2) is 0 Å². The van der Waals surface area contributed by atoms with Crippen molar-refractivity contribution in [2.75, 3.05) is 32.8 Å². The van der Waals surface area contributed by atoms with Crippen molar-refractivity contribution in [2.45, 2.75) is 24.8 Å². The van der Waals surface area contributed by atoms with E-state index >= 15 is 0 Å². The van der Waals surface area contributed by atoms with Gasteiger partial charge in [-0.25, -0.2) is 0 Å². The second-order valence-electron chi connectivity index (χ2n) is 6.37. The Hall–Kier alpha value is -1.70. The van der Waals surface area contributed by atoms with E-state index in [1.807, 2.05) is 6.07 Å². The monoisotopic (exact) mass is 346 g/mol. The first-order valence-electron chi connectivity index (χ1n) is 8.50. The number of hydrogen-bond donors (Lipinski definition) is 2. The fourth-order valence-electron chi connectivity index (χ4n) is 3.12. The van der Waals surface area contributed by atoms with Crippen LogP contribution in [0.1, 0.15) is 45.9 Å². The van der Waals surface area contributed by atoms with E-state index in [1.54, 1.807) is 11.3 Å². The summed E-state index contributed by atoms with van der Waals surface area (Å²) in [5.41, 5.74) is 1.58. The van der Waals surface area contributed by atoms with E-state index in [0.29, 0.717) is 18.2 Å². The molecule has 2 aliphatic rings. The number of amides is 1. The molecule has 1 aliphatic heterocycles.